The van der Waals surface area contributed by atoms with Crippen molar-refractivity contribution in [3.05, 3.63) is 30.0 Å². The Bertz CT molecular complexity index is 883. The number of rotatable bonds is 6. The van der Waals surface area contributed by atoms with E-state index in [0.29, 0.717) is 31.9 Å². The lowest BCUT2D eigenvalue weighted by molar-refractivity contribution is 0.0687. The smallest absolute Gasteiger partial charge is 0.270 e. The molecule has 1 fully saturated rings. The molecule has 2 aromatic rings. The number of nitrogens with zero attached hydrogens (tertiary/aromatic N) is 1. The fourth-order valence-corrected chi connectivity index (χ4v) is 3.80. The predicted octanol–water partition coefficient (Wildman–Crippen LogP) is 1.97. The molecule has 0 bridgehead atoms. The summed E-state index contributed by atoms with van der Waals surface area (Å²) in [6.45, 7) is 4.24. The van der Waals surface area contributed by atoms with Gasteiger partial charge in [-0.1, -0.05) is 0 Å². The first-order valence-corrected chi connectivity index (χ1v) is 10.7. The Balaban J connectivity index is 1.62. The number of aromatic nitrogens is 1. The summed E-state index contributed by atoms with van der Waals surface area (Å²) in [5, 5.41) is 0.976. The van der Waals surface area contributed by atoms with Crippen LogP contribution in [0, 0.1) is 5.92 Å². The summed E-state index contributed by atoms with van der Waals surface area (Å²) in [5.41, 5.74) is 1.45. The van der Waals surface area contributed by atoms with Crippen LogP contribution < -0.4 is 9.46 Å². The highest BCUT2D eigenvalue weighted by molar-refractivity contribution is 7.88. The number of carbonyl (C=O) groups is 1. The molecule has 1 saturated heterocycles. The fourth-order valence-electron chi connectivity index (χ4n) is 3.26. The molecule has 0 saturated carbocycles. The van der Waals surface area contributed by atoms with Crippen LogP contribution >= 0.6 is 0 Å². The van der Waals surface area contributed by atoms with Crippen LogP contribution in [0.25, 0.3) is 10.9 Å². The molecule has 26 heavy (non-hydrogen) atoms. The van der Waals surface area contributed by atoms with E-state index in [0.717, 1.165) is 29.5 Å². The number of likely N-dealkylation sites (tertiary alicyclic amines) is 1. The largest absolute Gasteiger partial charge is 0.494 e. The molecule has 8 heteroatoms. The molecular formula is C18H25N3O4S. The zero-order valence-electron chi connectivity index (χ0n) is 15.1. The molecule has 1 aliphatic heterocycles. The average Bonchev–Trinajstić information content (AvgIpc) is 3.03. The van der Waals surface area contributed by atoms with E-state index >= 15 is 0 Å². The van der Waals surface area contributed by atoms with Crippen LogP contribution in [0.1, 0.15) is 30.3 Å². The third-order valence-corrected chi connectivity index (χ3v) is 5.36. The summed E-state index contributed by atoms with van der Waals surface area (Å²) < 4.78 is 30.4. The SMILES string of the molecule is CCOc1ccc2cc(C(=O)N3CCC(CNS(C)(=O)=O)CC3)[nH]c2c1. The van der Waals surface area contributed by atoms with E-state index in [1.165, 1.54) is 6.26 Å². The van der Waals surface area contributed by atoms with Gasteiger partial charge in [0.2, 0.25) is 10.0 Å². The van der Waals surface area contributed by atoms with Crippen molar-refractivity contribution in [3.63, 3.8) is 0 Å². The quantitative estimate of drug-likeness (QED) is 0.803. The van der Waals surface area contributed by atoms with Crippen LogP contribution in [-0.2, 0) is 10.0 Å². The van der Waals surface area contributed by atoms with Crippen LogP contribution in [0.2, 0.25) is 0 Å². The van der Waals surface area contributed by atoms with Crippen LogP contribution in [0.4, 0.5) is 0 Å². The fraction of sp³-hybridized carbons (Fsp3) is 0.500. The number of amides is 1. The van der Waals surface area contributed by atoms with Gasteiger partial charge >= 0.3 is 0 Å². The van der Waals surface area contributed by atoms with Gasteiger partial charge in [0.05, 0.1) is 12.9 Å². The first-order chi connectivity index (χ1) is 12.4. The zero-order chi connectivity index (χ0) is 18.7. The molecule has 2 heterocycles. The maximum absolute atomic E-state index is 12.8. The Hall–Kier alpha value is -2.06. The van der Waals surface area contributed by atoms with Gasteiger partial charge in [0.15, 0.2) is 0 Å². The van der Waals surface area contributed by atoms with E-state index in [4.69, 9.17) is 4.74 Å². The van der Waals surface area contributed by atoms with Crippen LogP contribution in [0.15, 0.2) is 24.3 Å². The molecule has 0 unspecified atom stereocenters. The van der Waals surface area contributed by atoms with Crippen molar-refractivity contribution >= 4 is 26.8 Å². The number of nitrogens with one attached hydrogen (secondary N) is 2. The molecule has 3 rings (SSSR count). The summed E-state index contributed by atoms with van der Waals surface area (Å²) >= 11 is 0. The van der Waals surface area contributed by atoms with E-state index < -0.39 is 10.0 Å². The molecule has 0 spiro atoms. The summed E-state index contributed by atoms with van der Waals surface area (Å²) in [6, 6.07) is 7.61. The summed E-state index contributed by atoms with van der Waals surface area (Å²) in [7, 11) is -3.16. The standard InChI is InChI=1S/C18H25N3O4S/c1-3-25-15-5-4-14-10-17(20-16(14)11-15)18(22)21-8-6-13(7-9-21)12-19-26(2,23)24/h4-5,10-11,13,19-20H,3,6-9,12H2,1-2H3. The Morgan fingerprint density at radius 2 is 2.04 bits per heavy atom. The molecule has 0 atom stereocenters. The highest BCUT2D eigenvalue weighted by atomic mass is 32.2. The molecular weight excluding hydrogens is 354 g/mol. The summed E-state index contributed by atoms with van der Waals surface area (Å²) in [5.74, 6) is 1.03. The molecule has 2 N–H and O–H groups in total. The Morgan fingerprint density at radius 1 is 1.31 bits per heavy atom. The van der Waals surface area contributed by atoms with E-state index in [1.54, 1.807) is 0 Å². The minimum atomic E-state index is -3.16. The van der Waals surface area contributed by atoms with Crippen molar-refractivity contribution in [1.29, 1.82) is 0 Å². The number of fused-ring (bicyclic) bond motifs is 1. The molecule has 1 aliphatic rings. The minimum Gasteiger partial charge on any atom is -0.494 e. The van der Waals surface area contributed by atoms with Crippen LogP contribution in [0.5, 0.6) is 5.75 Å². The van der Waals surface area contributed by atoms with Crippen LogP contribution in [0.3, 0.4) is 0 Å². The third-order valence-electron chi connectivity index (χ3n) is 4.67. The second-order valence-electron chi connectivity index (χ2n) is 6.72. The van der Waals surface area contributed by atoms with Gasteiger partial charge in [0.1, 0.15) is 11.4 Å². The monoisotopic (exact) mass is 379 g/mol. The number of H-pyrrole nitrogens is 1. The molecule has 1 amide bonds. The lowest BCUT2D eigenvalue weighted by Gasteiger charge is -2.31. The minimum absolute atomic E-state index is 0.0197. The number of carbonyl (C=O) groups excluding carboxylic acids is 1. The topological polar surface area (TPSA) is 91.5 Å². The maximum Gasteiger partial charge on any atom is 0.270 e. The Kier molecular flexibility index (Phi) is 5.52. The Labute approximate surface area is 153 Å². The van der Waals surface area contributed by atoms with Gasteiger partial charge in [-0.15, -0.1) is 0 Å². The molecule has 0 radical (unpaired) electrons. The van der Waals surface area contributed by atoms with Crippen LogP contribution in [-0.4, -0.2) is 56.7 Å². The molecule has 1 aromatic heterocycles. The first-order valence-electron chi connectivity index (χ1n) is 8.85. The van der Waals surface area contributed by atoms with Gasteiger partial charge in [0.25, 0.3) is 5.91 Å². The lowest BCUT2D eigenvalue weighted by Crippen LogP contribution is -2.41. The van der Waals surface area contributed by atoms with Crippen molar-refractivity contribution in [1.82, 2.24) is 14.6 Å². The van der Waals surface area contributed by atoms with Gasteiger partial charge in [-0.05, 0) is 43.9 Å². The normalized spacial score (nSPS) is 16.2. The van der Waals surface area contributed by atoms with Gasteiger partial charge in [-0.25, -0.2) is 13.1 Å². The zero-order valence-corrected chi connectivity index (χ0v) is 15.9. The van der Waals surface area contributed by atoms with Crippen molar-refractivity contribution in [2.75, 3.05) is 32.5 Å². The first kappa shape index (κ1) is 18.7. The number of hydrogen-bond acceptors (Lipinski definition) is 4. The average molecular weight is 379 g/mol. The number of hydrogen-bond donors (Lipinski definition) is 2. The van der Waals surface area contributed by atoms with E-state index in [9.17, 15) is 13.2 Å². The highest BCUT2D eigenvalue weighted by Gasteiger charge is 2.25. The molecule has 0 aliphatic carbocycles. The second-order valence-corrected chi connectivity index (χ2v) is 8.55. The number of aromatic amines is 1. The summed E-state index contributed by atoms with van der Waals surface area (Å²) in [6.07, 6.45) is 2.75. The van der Waals surface area contributed by atoms with Gasteiger partial charge < -0.3 is 14.6 Å². The van der Waals surface area contributed by atoms with E-state index in [-0.39, 0.29) is 11.8 Å². The van der Waals surface area contributed by atoms with Crippen molar-refractivity contribution < 1.29 is 17.9 Å². The number of benzene rings is 1. The maximum atomic E-state index is 12.8. The summed E-state index contributed by atoms with van der Waals surface area (Å²) in [4.78, 5) is 17.8. The second kappa shape index (κ2) is 7.67. The lowest BCUT2D eigenvalue weighted by atomic mass is 9.97. The van der Waals surface area contributed by atoms with Crippen molar-refractivity contribution in [2.45, 2.75) is 19.8 Å². The van der Waals surface area contributed by atoms with Gasteiger partial charge in [-0.3, -0.25) is 4.79 Å². The van der Waals surface area contributed by atoms with Gasteiger partial charge in [0, 0.05) is 36.6 Å². The molecule has 1 aromatic carbocycles. The predicted molar refractivity (Wildman–Crippen MR) is 101 cm³/mol. The highest BCUT2D eigenvalue weighted by Crippen LogP contribution is 2.24. The third kappa shape index (κ3) is 4.56. The Morgan fingerprint density at radius 3 is 2.69 bits per heavy atom. The van der Waals surface area contributed by atoms with Crippen molar-refractivity contribution in [3.8, 4) is 5.75 Å². The molecule has 7 nitrogen and oxygen atoms in total. The number of piperidine rings is 1. The number of sulfonamides is 1. The molecule has 142 valence electrons. The van der Waals surface area contributed by atoms with E-state index in [1.807, 2.05) is 36.1 Å². The van der Waals surface area contributed by atoms with Gasteiger partial charge in [-0.2, -0.15) is 0 Å². The van der Waals surface area contributed by atoms with E-state index in [2.05, 4.69) is 9.71 Å². The van der Waals surface area contributed by atoms with Crippen molar-refractivity contribution in [2.24, 2.45) is 5.92 Å². The number of ether oxygens (including phenoxy) is 1.